The van der Waals surface area contributed by atoms with Crippen molar-refractivity contribution in [1.82, 2.24) is 30.1 Å². The van der Waals surface area contributed by atoms with Gasteiger partial charge in [0.15, 0.2) is 11.6 Å². The van der Waals surface area contributed by atoms with E-state index in [9.17, 15) is 24.9 Å². The smallest absolute Gasteiger partial charge is 0.326 e. The predicted octanol–water partition coefficient (Wildman–Crippen LogP) is 2.33. The van der Waals surface area contributed by atoms with E-state index in [0.717, 1.165) is 76.7 Å². The number of carboxylic acid groups (broad SMARTS) is 1. The number of fused-ring (bicyclic) bond motifs is 3. The average Bonchev–Trinajstić information content (AvgIpc) is 3.75. The summed E-state index contributed by atoms with van der Waals surface area (Å²) in [6.07, 6.45) is 1.40. The number of likely N-dealkylation sites (tertiary alicyclic amines) is 2. The van der Waals surface area contributed by atoms with E-state index in [0.29, 0.717) is 41.5 Å². The van der Waals surface area contributed by atoms with Gasteiger partial charge in [-0.1, -0.05) is 26.0 Å². The molecule has 0 aliphatic carbocycles. The van der Waals surface area contributed by atoms with Crippen molar-refractivity contribution in [3.8, 4) is 22.9 Å². The lowest BCUT2D eigenvalue weighted by molar-refractivity contribution is -0.149. The number of amides is 1. The van der Waals surface area contributed by atoms with E-state index in [1.54, 1.807) is 18.2 Å². The maximum Gasteiger partial charge on any atom is 0.326 e. The van der Waals surface area contributed by atoms with Crippen molar-refractivity contribution < 1.29 is 34.2 Å². The lowest BCUT2D eigenvalue weighted by atomic mass is 9.91. The van der Waals surface area contributed by atoms with Crippen LogP contribution in [0.4, 0.5) is 11.5 Å². The van der Waals surface area contributed by atoms with Crippen LogP contribution in [0.3, 0.4) is 0 Å². The van der Waals surface area contributed by atoms with Crippen LogP contribution in [0.25, 0.3) is 11.3 Å². The summed E-state index contributed by atoms with van der Waals surface area (Å²) in [5.74, 6) is -0.165. The molecule has 15 nitrogen and oxygen atoms in total. The number of phenols is 1. The van der Waals surface area contributed by atoms with E-state index >= 15 is 0 Å². The van der Waals surface area contributed by atoms with Crippen LogP contribution in [0.2, 0.25) is 0 Å². The number of ether oxygens (including phenoxy) is 1. The third-order valence-corrected chi connectivity index (χ3v) is 10.8. The zero-order valence-electron chi connectivity index (χ0n) is 29.2. The standard InChI is InChI=1S/C36H48N8O7/c1-22(2)33(35(47)44-21-25(45)15-29(44)36(48)49)31-17-32(40-51-31)50-14-13-41-9-7-23(8-10-41)19-42-11-12-43-24(20-42)18-37-34-28(43)16-27(38-39-34)26-5-3-4-6-30(26)46/h3-6,16-17,22-25,29,33,45-46H,7-15,18-21H2,1-2H3,(H,37,39)(H,48,49)/t24-,25+,29-,33?/m0/s1. The Bertz CT molecular complexity index is 1700. The van der Waals surface area contributed by atoms with E-state index in [-0.39, 0.29) is 24.6 Å². The zero-order valence-corrected chi connectivity index (χ0v) is 29.2. The van der Waals surface area contributed by atoms with Gasteiger partial charge >= 0.3 is 5.97 Å². The molecule has 0 spiro atoms. The number of carboxylic acids is 1. The second kappa shape index (κ2) is 15.0. The molecule has 0 bridgehead atoms. The highest BCUT2D eigenvalue weighted by Gasteiger charge is 2.43. The molecule has 4 aliphatic heterocycles. The minimum Gasteiger partial charge on any atom is -0.507 e. The first-order valence-electron chi connectivity index (χ1n) is 18.1. The quantitative estimate of drug-likeness (QED) is 0.228. The van der Waals surface area contributed by atoms with Gasteiger partial charge in [-0.3, -0.25) is 14.6 Å². The Morgan fingerprint density at radius 1 is 1.06 bits per heavy atom. The average molecular weight is 705 g/mol. The number of piperazine rings is 1. The van der Waals surface area contributed by atoms with Crippen molar-refractivity contribution in [2.45, 2.75) is 57.2 Å². The van der Waals surface area contributed by atoms with Gasteiger partial charge in [-0.15, -0.1) is 10.2 Å². The Hall–Kier alpha value is -4.47. The maximum atomic E-state index is 13.4. The third-order valence-electron chi connectivity index (χ3n) is 10.8. The lowest BCUT2D eigenvalue weighted by Gasteiger charge is -2.47. The number of benzene rings is 1. The molecule has 1 aromatic carbocycles. The Balaban J connectivity index is 0.855. The van der Waals surface area contributed by atoms with Crippen molar-refractivity contribution in [2.75, 3.05) is 75.7 Å². The highest BCUT2D eigenvalue weighted by atomic mass is 16.5. The summed E-state index contributed by atoms with van der Waals surface area (Å²) in [6.45, 7) is 11.7. The Kier molecular flexibility index (Phi) is 10.3. The van der Waals surface area contributed by atoms with Crippen LogP contribution in [-0.2, 0) is 9.59 Å². The number of hydrogen-bond donors (Lipinski definition) is 4. The van der Waals surface area contributed by atoms with Crippen LogP contribution >= 0.6 is 0 Å². The molecule has 7 rings (SSSR count). The molecular weight excluding hydrogens is 656 g/mol. The van der Waals surface area contributed by atoms with Crippen LogP contribution in [0.15, 0.2) is 40.9 Å². The molecule has 4 N–H and O–H groups in total. The monoisotopic (exact) mass is 704 g/mol. The molecule has 1 amide bonds. The van der Waals surface area contributed by atoms with Crippen LogP contribution in [-0.4, -0.2) is 141 Å². The van der Waals surface area contributed by atoms with Crippen molar-refractivity contribution in [3.63, 3.8) is 0 Å². The Morgan fingerprint density at radius 2 is 1.86 bits per heavy atom. The zero-order chi connectivity index (χ0) is 35.6. The topological polar surface area (TPSA) is 181 Å². The molecule has 0 saturated carbocycles. The second-order valence-corrected chi connectivity index (χ2v) is 14.6. The highest BCUT2D eigenvalue weighted by Crippen LogP contribution is 2.37. The molecule has 3 aromatic rings. The van der Waals surface area contributed by atoms with Gasteiger partial charge in [0.2, 0.25) is 5.91 Å². The largest absolute Gasteiger partial charge is 0.507 e. The molecule has 4 atom stereocenters. The normalized spacial score (nSPS) is 23.5. The third kappa shape index (κ3) is 7.60. The van der Waals surface area contributed by atoms with E-state index in [4.69, 9.17) is 9.26 Å². The maximum absolute atomic E-state index is 13.4. The fourth-order valence-corrected chi connectivity index (χ4v) is 8.07. The summed E-state index contributed by atoms with van der Waals surface area (Å²) >= 11 is 0. The van der Waals surface area contributed by atoms with Gasteiger partial charge in [-0.25, -0.2) is 4.79 Å². The fourth-order valence-electron chi connectivity index (χ4n) is 8.07. The number of nitrogens with zero attached hydrogens (tertiary/aromatic N) is 7. The van der Waals surface area contributed by atoms with Crippen molar-refractivity contribution >= 4 is 23.4 Å². The lowest BCUT2D eigenvalue weighted by Crippen LogP contribution is -2.58. The molecule has 274 valence electrons. The first kappa shape index (κ1) is 35.0. The van der Waals surface area contributed by atoms with E-state index in [1.807, 2.05) is 32.0 Å². The van der Waals surface area contributed by atoms with Crippen molar-refractivity contribution in [3.05, 3.63) is 42.2 Å². The van der Waals surface area contributed by atoms with Crippen molar-refractivity contribution in [2.24, 2.45) is 11.8 Å². The molecule has 0 radical (unpaired) electrons. The fraction of sp³-hybridized carbons (Fsp3) is 0.583. The van der Waals surface area contributed by atoms with Gasteiger partial charge in [-0.2, -0.15) is 0 Å². The van der Waals surface area contributed by atoms with Crippen LogP contribution < -0.4 is 15.0 Å². The van der Waals surface area contributed by atoms with E-state index < -0.39 is 29.9 Å². The molecular formula is C36H48N8O7. The molecule has 1 unspecified atom stereocenters. The summed E-state index contributed by atoms with van der Waals surface area (Å²) in [6, 6.07) is 10.2. The molecule has 4 aliphatic rings. The number of aliphatic hydroxyl groups is 1. The number of aliphatic hydroxyl groups excluding tert-OH is 1. The van der Waals surface area contributed by atoms with Crippen molar-refractivity contribution in [1.29, 1.82) is 0 Å². The number of β-amino-alcohol motifs (C(OH)–C–C–N with tert-alkyl or cyclic N) is 1. The Morgan fingerprint density at radius 3 is 2.63 bits per heavy atom. The number of carbonyl (C=O) groups is 2. The molecule has 51 heavy (non-hydrogen) atoms. The number of aliphatic carboxylic acids is 1. The second-order valence-electron chi connectivity index (χ2n) is 14.6. The van der Waals surface area contributed by atoms with Crippen LogP contribution in [0.5, 0.6) is 11.6 Å². The molecule has 6 heterocycles. The number of carbonyl (C=O) groups excluding carboxylic acids is 1. The van der Waals surface area contributed by atoms with Crippen LogP contribution in [0.1, 0.15) is 44.8 Å². The Labute approximate surface area is 297 Å². The number of rotatable bonds is 11. The summed E-state index contributed by atoms with van der Waals surface area (Å²) in [7, 11) is 0. The minimum absolute atomic E-state index is 0.0131. The van der Waals surface area contributed by atoms with E-state index in [2.05, 4.69) is 35.4 Å². The number of hydrogen-bond acceptors (Lipinski definition) is 13. The molecule has 3 fully saturated rings. The summed E-state index contributed by atoms with van der Waals surface area (Å²) in [5.41, 5.74) is 2.39. The minimum atomic E-state index is -1.13. The number of para-hydroxylation sites is 1. The predicted molar refractivity (Wildman–Crippen MR) is 188 cm³/mol. The van der Waals surface area contributed by atoms with Gasteiger partial charge in [0.1, 0.15) is 24.3 Å². The van der Waals surface area contributed by atoms with Crippen LogP contribution in [0, 0.1) is 11.8 Å². The molecule has 3 saturated heterocycles. The van der Waals surface area contributed by atoms with Gasteiger partial charge in [0.05, 0.1) is 23.5 Å². The summed E-state index contributed by atoms with van der Waals surface area (Å²) < 4.78 is 11.4. The summed E-state index contributed by atoms with van der Waals surface area (Å²) in [5, 5.41) is 46.3. The van der Waals surface area contributed by atoms with Gasteiger partial charge in [0.25, 0.3) is 5.88 Å². The van der Waals surface area contributed by atoms with Gasteiger partial charge in [0, 0.05) is 63.9 Å². The van der Waals surface area contributed by atoms with Gasteiger partial charge in [-0.05, 0) is 61.1 Å². The number of nitrogens with one attached hydrogen (secondary N) is 1. The first-order chi connectivity index (χ1) is 24.6. The number of anilines is 2. The number of aromatic hydroxyl groups is 1. The SMILES string of the molecule is CC(C)C(C(=O)N1C[C@H](O)C[C@H]1C(=O)O)c1cc(OCCN2CCC(CN3CCN4c5cc(-c6ccccc6O)nnc5NC[C@H]4C3)CC2)no1. The number of phenolic OH excluding ortho intramolecular Hbond substituents is 1. The first-order valence-corrected chi connectivity index (χ1v) is 18.1. The highest BCUT2D eigenvalue weighted by molar-refractivity contribution is 5.88. The molecule has 2 aromatic heterocycles. The van der Waals surface area contributed by atoms with E-state index in [1.165, 1.54) is 4.90 Å². The number of piperidine rings is 1. The summed E-state index contributed by atoms with van der Waals surface area (Å²) in [4.78, 5) is 33.8. The number of aromatic nitrogens is 3. The van der Waals surface area contributed by atoms with Gasteiger partial charge < -0.3 is 39.7 Å². The molecule has 15 heteroatoms.